The molecule has 0 aliphatic heterocycles. The van der Waals surface area contributed by atoms with Crippen molar-refractivity contribution < 1.29 is 14.3 Å². The van der Waals surface area contributed by atoms with Crippen molar-refractivity contribution >= 4 is 17.0 Å². The summed E-state index contributed by atoms with van der Waals surface area (Å²) < 4.78 is 13.0. The minimum Gasteiger partial charge on any atom is -0.465 e. The van der Waals surface area contributed by atoms with E-state index in [4.69, 9.17) is 9.47 Å². The SMILES string of the molecule is CCCc1c[nH]c(C#N)c1-c1ccc(Cn2c(OCC)nc3cccc(C(=O)OCC)c32)cc1. The Morgan fingerprint density at radius 3 is 2.59 bits per heavy atom. The fourth-order valence-corrected chi connectivity index (χ4v) is 4.23. The highest BCUT2D eigenvalue weighted by atomic mass is 16.5. The molecule has 2 aromatic carbocycles. The maximum atomic E-state index is 12.6. The van der Waals surface area contributed by atoms with Gasteiger partial charge < -0.3 is 14.5 Å². The van der Waals surface area contributed by atoms with Crippen molar-refractivity contribution in [1.82, 2.24) is 14.5 Å². The first kappa shape index (κ1) is 23.1. The summed E-state index contributed by atoms with van der Waals surface area (Å²) >= 11 is 0. The van der Waals surface area contributed by atoms with Crippen molar-refractivity contribution in [3.63, 3.8) is 0 Å². The Kier molecular flexibility index (Phi) is 6.98. The number of benzene rings is 2. The minimum atomic E-state index is -0.382. The lowest BCUT2D eigenvalue weighted by Gasteiger charge is -2.12. The molecule has 0 radical (unpaired) electrons. The van der Waals surface area contributed by atoms with Crippen molar-refractivity contribution in [2.45, 2.75) is 40.2 Å². The number of nitrogens with one attached hydrogen (secondary N) is 1. The van der Waals surface area contributed by atoms with Gasteiger partial charge in [-0.1, -0.05) is 43.7 Å². The molecule has 2 heterocycles. The summed E-state index contributed by atoms with van der Waals surface area (Å²) in [6.45, 7) is 7.05. The van der Waals surface area contributed by atoms with E-state index in [-0.39, 0.29) is 5.97 Å². The van der Waals surface area contributed by atoms with E-state index >= 15 is 0 Å². The van der Waals surface area contributed by atoms with E-state index in [1.165, 1.54) is 0 Å². The molecule has 0 bridgehead atoms. The number of H-pyrrole nitrogens is 1. The van der Waals surface area contributed by atoms with Crippen molar-refractivity contribution in [2.24, 2.45) is 0 Å². The van der Waals surface area contributed by atoms with Gasteiger partial charge in [-0.3, -0.25) is 4.57 Å². The fraction of sp³-hybridized carbons (Fsp3) is 0.296. The van der Waals surface area contributed by atoms with Crippen LogP contribution in [0, 0.1) is 11.3 Å². The van der Waals surface area contributed by atoms with Crippen molar-refractivity contribution in [3.8, 4) is 23.2 Å². The van der Waals surface area contributed by atoms with Gasteiger partial charge in [-0.25, -0.2) is 4.79 Å². The highest BCUT2D eigenvalue weighted by Crippen LogP contribution is 2.30. The molecule has 4 aromatic rings. The average Bonchev–Trinajstić information content (AvgIpc) is 3.41. The van der Waals surface area contributed by atoms with Gasteiger partial charge in [0.15, 0.2) is 0 Å². The van der Waals surface area contributed by atoms with E-state index in [1.807, 2.05) is 48.0 Å². The number of ether oxygens (including phenoxy) is 2. The topological polar surface area (TPSA) is 92.9 Å². The normalized spacial score (nSPS) is 10.9. The summed E-state index contributed by atoms with van der Waals surface area (Å²) in [7, 11) is 0. The molecule has 2 aromatic heterocycles. The van der Waals surface area contributed by atoms with Gasteiger partial charge in [0.25, 0.3) is 6.01 Å². The molecule has 7 heteroatoms. The number of aromatic nitrogens is 3. The lowest BCUT2D eigenvalue weighted by atomic mass is 9.98. The Morgan fingerprint density at radius 1 is 1.12 bits per heavy atom. The number of aromatic amines is 1. The highest BCUT2D eigenvalue weighted by molar-refractivity contribution is 6.02. The lowest BCUT2D eigenvalue weighted by molar-refractivity contribution is 0.0528. The summed E-state index contributed by atoms with van der Waals surface area (Å²) in [4.78, 5) is 20.3. The third-order valence-corrected chi connectivity index (χ3v) is 5.68. The number of esters is 1. The van der Waals surface area contributed by atoms with Crippen molar-refractivity contribution in [3.05, 3.63) is 71.0 Å². The first-order valence-electron chi connectivity index (χ1n) is 11.6. The van der Waals surface area contributed by atoms with Crippen LogP contribution in [0.3, 0.4) is 0 Å². The average molecular weight is 457 g/mol. The van der Waals surface area contributed by atoms with E-state index in [9.17, 15) is 10.1 Å². The van der Waals surface area contributed by atoms with E-state index in [0.717, 1.165) is 35.1 Å². The van der Waals surface area contributed by atoms with E-state index in [2.05, 4.69) is 23.0 Å². The van der Waals surface area contributed by atoms with E-state index in [0.29, 0.717) is 48.1 Å². The molecule has 0 atom stereocenters. The maximum absolute atomic E-state index is 12.6. The first-order chi connectivity index (χ1) is 16.6. The van der Waals surface area contributed by atoms with Crippen molar-refractivity contribution in [1.29, 1.82) is 5.26 Å². The number of rotatable bonds is 9. The lowest BCUT2D eigenvalue weighted by Crippen LogP contribution is -2.10. The molecule has 0 unspecified atom stereocenters. The second-order valence-electron chi connectivity index (χ2n) is 7.93. The molecule has 0 fully saturated rings. The van der Waals surface area contributed by atoms with Crippen LogP contribution in [0.4, 0.5) is 0 Å². The number of carbonyl (C=O) groups is 1. The smallest absolute Gasteiger partial charge is 0.340 e. The third kappa shape index (κ3) is 4.40. The third-order valence-electron chi connectivity index (χ3n) is 5.68. The molecular weight excluding hydrogens is 428 g/mol. The summed E-state index contributed by atoms with van der Waals surface area (Å²) in [6, 6.07) is 16.3. The second-order valence-corrected chi connectivity index (χ2v) is 7.93. The number of aryl methyl sites for hydroxylation is 1. The zero-order valence-electron chi connectivity index (χ0n) is 19.7. The minimum absolute atomic E-state index is 0.299. The molecule has 7 nitrogen and oxygen atoms in total. The molecule has 0 aliphatic rings. The summed E-state index contributed by atoms with van der Waals surface area (Å²) in [5.41, 5.74) is 6.54. The molecule has 4 rings (SSSR count). The fourth-order valence-electron chi connectivity index (χ4n) is 4.23. The molecule has 0 saturated heterocycles. The van der Waals surface area contributed by atoms with Crippen LogP contribution in [0.15, 0.2) is 48.7 Å². The van der Waals surface area contributed by atoms with Gasteiger partial charge in [-0.05, 0) is 49.1 Å². The zero-order chi connectivity index (χ0) is 24.1. The van der Waals surface area contributed by atoms with Crippen LogP contribution in [0.2, 0.25) is 0 Å². The van der Waals surface area contributed by atoms with Gasteiger partial charge in [0.1, 0.15) is 11.8 Å². The van der Waals surface area contributed by atoms with Gasteiger partial charge >= 0.3 is 5.97 Å². The van der Waals surface area contributed by atoms with Gasteiger partial charge in [0.05, 0.1) is 36.4 Å². The van der Waals surface area contributed by atoms with Gasteiger partial charge in [0, 0.05) is 11.8 Å². The summed E-state index contributed by atoms with van der Waals surface area (Å²) in [6.07, 6.45) is 3.84. The number of nitrogens with zero attached hydrogens (tertiary/aromatic N) is 3. The molecule has 174 valence electrons. The number of imidazole rings is 1. The molecule has 0 saturated carbocycles. The summed E-state index contributed by atoms with van der Waals surface area (Å²) in [5.74, 6) is -0.382. The standard InChI is InChI=1S/C27H28N4O3/c1-4-8-20-16-29-23(15-28)24(20)19-13-11-18(12-14-19)17-31-25-21(26(32)33-5-2)9-7-10-22(25)30-27(31)34-6-3/h7,9-14,16,29H,4-6,8,17H2,1-3H3. The number of hydrogen-bond donors (Lipinski definition) is 1. The van der Waals surface area contributed by atoms with Gasteiger partial charge in [-0.15, -0.1) is 0 Å². The highest BCUT2D eigenvalue weighted by Gasteiger charge is 2.20. The Labute approximate surface area is 199 Å². The van der Waals surface area contributed by atoms with E-state index < -0.39 is 0 Å². The van der Waals surface area contributed by atoms with Crippen LogP contribution in [-0.4, -0.2) is 33.7 Å². The Balaban J connectivity index is 1.73. The maximum Gasteiger partial charge on any atom is 0.340 e. The number of nitriles is 1. The molecule has 34 heavy (non-hydrogen) atoms. The number of fused-ring (bicyclic) bond motifs is 1. The molecule has 0 amide bonds. The van der Waals surface area contributed by atoms with Crippen LogP contribution in [0.5, 0.6) is 6.01 Å². The van der Waals surface area contributed by atoms with Gasteiger partial charge in [-0.2, -0.15) is 10.2 Å². The molecular formula is C27H28N4O3. The van der Waals surface area contributed by atoms with Crippen LogP contribution in [0.25, 0.3) is 22.2 Å². The molecule has 1 N–H and O–H groups in total. The number of hydrogen-bond acceptors (Lipinski definition) is 5. The largest absolute Gasteiger partial charge is 0.465 e. The zero-order valence-corrected chi connectivity index (χ0v) is 19.7. The van der Waals surface area contributed by atoms with Crippen LogP contribution in [-0.2, 0) is 17.7 Å². The van der Waals surface area contributed by atoms with E-state index in [1.54, 1.807) is 19.1 Å². The second kappa shape index (κ2) is 10.3. The predicted molar refractivity (Wildman–Crippen MR) is 131 cm³/mol. The number of carbonyl (C=O) groups excluding carboxylic acids is 1. The molecule has 0 aliphatic carbocycles. The van der Waals surface area contributed by atoms with Crippen LogP contribution >= 0.6 is 0 Å². The summed E-state index contributed by atoms with van der Waals surface area (Å²) in [5, 5.41) is 9.53. The van der Waals surface area contributed by atoms with Gasteiger partial charge in [0.2, 0.25) is 0 Å². The monoisotopic (exact) mass is 456 g/mol. The van der Waals surface area contributed by atoms with Crippen molar-refractivity contribution in [2.75, 3.05) is 13.2 Å². The quantitative estimate of drug-likeness (QED) is 0.337. The van der Waals surface area contributed by atoms with Crippen LogP contribution in [0.1, 0.15) is 54.4 Å². The Hall–Kier alpha value is -4.05. The Morgan fingerprint density at radius 2 is 1.91 bits per heavy atom. The Bertz CT molecular complexity index is 1340. The number of para-hydroxylation sites is 1. The molecule has 0 spiro atoms. The first-order valence-corrected chi connectivity index (χ1v) is 11.6. The predicted octanol–water partition coefficient (Wildman–Crippen LogP) is 5.48. The van der Waals surface area contributed by atoms with Crippen LogP contribution < -0.4 is 4.74 Å².